The molecule has 1 saturated heterocycles. The zero-order valence-corrected chi connectivity index (χ0v) is 16.9. The maximum absolute atomic E-state index is 12.3. The van der Waals surface area contributed by atoms with Crippen LogP contribution in [0.25, 0.3) is 0 Å². The van der Waals surface area contributed by atoms with Gasteiger partial charge >= 0.3 is 0 Å². The van der Waals surface area contributed by atoms with Crippen LogP contribution in [0.4, 0.5) is 0 Å². The molecule has 2 aromatic rings. The van der Waals surface area contributed by atoms with Crippen molar-refractivity contribution >= 4 is 40.7 Å². The maximum atomic E-state index is 12.3. The van der Waals surface area contributed by atoms with E-state index in [-0.39, 0.29) is 48.2 Å². The minimum atomic E-state index is -3.57. The van der Waals surface area contributed by atoms with Crippen molar-refractivity contribution in [2.24, 2.45) is 0 Å². The normalized spacial score (nSPS) is 16.2. The van der Waals surface area contributed by atoms with Gasteiger partial charge in [0.2, 0.25) is 10.0 Å². The number of halogens is 2. The predicted molar refractivity (Wildman–Crippen MR) is 107 cm³/mol. The fourth-order valence-corrected chi connectivity index (χ4v) is 3.75. The van der Waals surface area contributed by atoms with E-state index in [1.807, 2.05) is 0 Å². The molecule has 0 aliphatic carbocycles. The lowest BCUT2D eigenvalue weighted by Crippen LogP contribution is -2.37. The lowest BCUT2D eigenvalue weighted by molar-refractivity contribution is 0.0950. The molecule has 1 atom stereocenters. The Hall–Kier alpha value is -1.65. The Labute approximate surface area is 170 Å². The van der Waals surface area contributed by atoms with Gasteiger partial charge in [0.1, 0.15) is 5.82 Å². The van der Waals surface area contributed by atoms with E-state index in [1.165, 1.54) is 24.3 Å². The number of nitrogens with zero attached hydrogens (tertiary/aromatic N) is 1. The van der Waals surface area contributed by atoms with E-state index in [0.29, 0.717) is 17.9 Å². The van der Waals surface area contributed by atoms with Crippen LogP contribution in [0.2, 0.25) is 0 Å². The van der Waals surface area contributed by atoms with E-state index < -0.39 is 10.0 Å². The van der Waals surface area contributed by atoms with E-state index in [2.05, 4.69) is 25.3 Å². The number of aromatic amines is 1. The van der Waals surface area contributed by atoms with Crippen molar-refractivity contribution in [3.05, 3.63) is 48.0 Å². The molecule has 27 heavy (non-hydrogen) atoms. The Morgan fingerprint density at radius 1 is 1.22 bits per heavy atom. The molecule has 150 valence electrons. The largest absolute Gasteiger partial charge is 0.347 e. The highest BCUT2D eigenvalue weighted by molar-refractivity contribution is 7.89. The number of carbonyl (C=O) groups is 1. The number of hydrogen-bond acceptors (Lipinski definition) is 5. The molecule has 2 heterocycles. The zero-order chi connectivity index (χ0) is 17.7. The number of nitrogens with one attached hydrogen (secondary N) is 4. The Morgan fingerprint density at radius 3 is 2.56 bits per heavy atom. The molecule has 1 aromatic carbocycles. The van der Waals surface area contributed by atoms with E-state index in [1.54, 1.807) is 12.4 Å². The van der Waals surface area contributed by atoms with Crippen molar-refractivity contribution in [1.29, 1.82) is 0 Å². The number of sulfonamides is 1. The molecule has 0 spiro atoms. The van der Waals surface area contributed by atoms with Crippen LogP contribution in [0.15, 0.2) is 41.6 Å². The van der Waals surface area contributed by atoms with Crippen LogP contribution >= 0.6 is 24.8 Å². The second-order valence-corrected chi connectivity index (χ2v) is 7.66. The van der Waals surface area contributed by atoms with E-state index in [4.69, 9.17) is 0 Å². The quantitative estimate of drug-likeness (QED) is 0.521. The molecule has 8 nitrogen and oxygen atoms in total. The average Bonchev–Trinajstić information content (AvgIpc) is 3.31. The summed E-state index contributed by atoms with van der Waals surface area (Å²) in [5, 5.41) is 5.96. The summed E-state index contributed by atoms with van der Waals surface area (Å²) in [7, 11) is -3.57. The van der Waals surface area contributed by atoms with Gasteiger partial charge in [0.05, 0.1) is 11.4 Å². The van der Waals surface area contributed by atoms with Gasteiger partial charge in [-0.2, -0.15) is 0 Å². The summed E-state index contributed by atoms with van der Waals surface area (Å²) in [6, 6.07) is 6.06. The SMILES string of the molecule is Cl.Cl.O=C(NCc1ncc[nH]1)c1ccc(S(=O)(=O)NC[C@H]2CCCN2)cc1. The topological polar surface area (TPSA) is 116 Å². The highest BCUT2D eigenvalue weighted by atomic mass is 35.5. The summed E-state index contributed by atoms with van der Waals surface area (Å²) in [4.78, 5) is 19.1. The number of carbonyl (C=O) groups excluding carboxylic acids is 1. The van der Waals surface area contributed by atoms with Crippen LogP contribution in [0.5, 0.6) is 0 Å². The van der Waals surface area contributed by atoms with Crippen molar-refractivity contribution in [1.82, 2.24) is 25.3 Å². The number of amides is 1. The minimum Gasteiger partial charge on any atom is -0.347 e. The first-order valence-corrected chi connectivity index (χ1v) is 9.62. The third kappa shape index (κ3) is 6.47. The lowest BCUT2D eigenvalue weighted by Gasteiger charge is -2.12. The summed E-state index contributed by atoms with van der Waals surface area (Å²) in [6.07, 6.45) is 5.32. The van der Waals surface area contributed by atoms with Gasteiger partial charge in [-0.25, -0.2) is 18.1 Å². The highest BCUT2D eigenvalue weighted by Gasteiger charge is 2.19. The van der Waals surface area contributed by atoms with Crippen LogP contribution in [-0.4, -0.2) is 43.4 Å². The van der Waals surface area contributed by atoms with Crippen molar-refractivity contribution in [3.8, 4) is 0 Å². The molecular weight excluding hydrogens is 413 g/mol. The zero-order valence-electron chi connectivity index (χ0n) is 14.5. The van der Waals surface area contributed by atoms with Gasteiger partial charge in [0, 0.05) is 30.5 Å². The molecule has 0 saturated carbocycles. The van der Waals surface area contributed by atoms with Crippen LogP contribution in [0.3, 0.4) is 0 Å². The van der Waals surface area contributed by atoms with Gasteiger partial charge < -0.3 is 15.6 Å². The van der Waals surface area contributed by atoms with Crippen molar-refractivity contribution in [2.45, 2.75) is 30.3 Å². The van der Waals surface area contributed by atoms with Crippen molar-refractivity contribution in [3.63, 3.8) is 0 Å². The third-order valence-corrected chi connectivity index (χ3v) is 5.52. The van der Waals surface area contributed by atoms with Gasteiger partial charge in [-0.1, -0.05) is 0 Å². The number of hydrogen-bond donors (Lipinski definition) is 4. The van der Waals surface area contributed by atoms with Gasteiger partial charge in [-0.15, -0.1) is 24.8 Å². The summed E-state index contributed by atoms with van der Waals surface area (Å²) < 4.78 is 27.2. The van der Waals surface area contributed by atoms with E-state index in [9.17, 15) is 13.2 Å². The van der Waals surface area contributed by atoms with Gasteiger partial charge in [0.25, 0.3) is 5.91 Å². The summed E-state index contributed by atoms with van der Waals surface area (Å²) in [6.45, 7) is 1.57. The molecule has 11 heteroatoms. The fraction of sp³-hybridized carbons (Fsp3) is 0.375. The summed E-state index contributed by atoms with van der Waals surface area (Å²) >= 11 is 0. The number of rotatable bonds is 7. The molecule has 1 amide bonds. The molecule has 0 unspecified atom stereocenters. The third-order valence-electron chi connectivity index (χ3n) is 4.08. The predicted octanol–water partition coefficient (Wildman–Crippen LogP) is 1.21. The molecular formula is C16H23Cl2N5O3S. The first kappa shape index (κ1) is 23.4. The molecule has 1 fully saturated rings. The summed E-state index contributed by atoms with van der Waals surface area (Å²) in [5.41, 5.74) is 0.392. The van der Waals surface area contributed by atoms with Crippen LogP contribution in [0.1, 0.15) is 29.0 Å². The lowest BCUT2D eigenvalue weighted by atomic mass is 10.2. The second-order valence-electron chi connectivity index (χ2n) is 5.89. The number of aromatic nitrogens is 2. The smallest absolute Gasteiger partial charge is 0.251 e. The Morgan fingerprint density at radius 2 is 1.96 bits per heavy atom. The monoisotopic (exact) mass is 435 g/mol. The molecule has 1 aromatic heterocycles. The summed E-state index contributed by atoms with van der Waals surface area (Å²) in [5.74, 6) is 0.362. The van der Waals surface area contributed by atoms with E-state index >= 15 is 0 Å². The van der Waals surface area contributed by atoms with Crippen molar-refractivity contribution in [2.75, 3.05) is 13.1 Å². The first-order chi connectivity index (χ1) is 12.0. The average molecular weight is 436 g/mol. The van der Waals surface area contributed by atoms with Crippen LogP contribution in [0, 0.1) is 0 Å². The van der Waals surface area contributed by atoms with Crippen LogP contribution < -0.4 is 15.4 Å². The number of benzene rings is 1. The Balaban J connectivity index is 0.00000182. The number of H-pyrrole nitrogens is 1. The standard InChI is InChI=1S/C16H21N5O3S.2ClH/c22-16(20-11-15-18-8-9-19-15)12-3-5-14(6-4-12)25(23,24)21-10-13-2-1-7-17-13;;/h3-6,8-9,13,17,21H,1-2,7,10-11H2,(H,18,19)(H,20,22);2*1H/t13-;;/m1../s1. The number of imidazole rings is 1. The molecule has 4 N–H and O–H groups in total. The van der Waals surface area contributed by atoms with Crippen molar-refractivity contribution < 1.29 is 13.2 Å². The Kier molecular flexibility index (Phi) is 9.20. The van der Waals surface area contributed by atoms with E-state index in [0.717, 1.165) is 19.4 Å². The molecule has 0 radical (unpaired) electrons. The van der Waals surface area contributed by atoms with Gasteiger partial charge in [-0.3, -0.25) is 4.79 Å². The molecule has 1 aliphatic rings. The van der Waals surface area contributed by atoms with Crippen LogP contribution in [-0.2, 0) is 16.6 Å². The first-order valence-electron chi connectivity index (χ1n) is 8.14. The fourth-order valence-electron chi connectivity index (χ4n) is 2.67. The minimum absolute atomic E-state index is 0. The Bertz CT molecular complexity index is 807. The maximum Gasteiger partial charge on any atom is 0.251 e. The molecule has 1 aliphatic heterocycles. The highest BCUT2D eigenvalue weighted by Crippen LogP contribution is 2.12. The molecule has 0 bridgehead atoms. The molecule has 3 rings (SSSR count). The second kappa shape index (κ2) is 10.6. The van der Waals surface area contributed by atoms with Gasteiger partial charge in [-0.05, 0) is 43.7 Å². The van der Waals surface area contributed by atoms with Gasteiger partial charge in [0.15, 0.2) is 0 Å².